The SMILES string of the molecule is CCCCN1[C@@H]2CC[C@H]1C[C@@H](Oc1cc(F)ccc1C(=O)N1CC(=N)/C(=C3/N=C(C)C(Cl)=CN3)C1)C2. The summed E-state index contributed by atoms with van der Waals surface area (Å²) in [6.07, 6.45) is 8.12. The molecular weight excluding hydrogens is 481 g/mol. The van der Waals surface area contributed by atoms with Crippen LogP contribution in [-0.4, -0.2) is 65.0 Å². The van der Waals surface area contributed by atoms with Gasteiger partial charge in [0.15, 0.2) is 0 Å². The first-order chi connectivity index (χ1) is 17.3. The van der Waals surface area contributed by atoms with Crippen LogP contribution in [0.2, 0.25) is 0 Å². The predicted molar refractivity (Wildman–Crippen MR) is 139 cm³/mol. The number of halogens is 2. The highest BCUT2D eigenvalue weighted by molar-refractivity contribution is 6.43. The van der Waals surface area contributed by atoms with Crippen LogP contribution in [0.3, 0.4) is 0 Å². The summed E-state index contributed by atoms with van der Waals surface area (Å²) in [5, 5.41) is 12.0. The van der Waals surface area contributed by atoms with Gasteiger partial charge in [0.1, 0.15) is 23.5 Å². The number of unbranched alkanes of at least 4 members (excludes halogenated alkanes) is 1. The van der Waals surface area contributed by atoms with Gasteiger partial charge in [-0.05, 0) is 57.7 Å². The number of carbonyl (C=O) groups is 1. The van der Waals surface area contributed by atoms with Gasteiger partial charge in [-0.3, -0.25) is 9.69 Å². The molecule has 3 atom stereocenters. The highest BCUT2D eigenvalue weighted by Crippen LogP contribution is 2.38. The van der Waals surface area contributed by atoms with E-state index in [4.69, 9.17) is 21.7 Å². The molecule has 0 spiro atoms. The van der Waals surface area contributed by atoms with Gasteiger partial charge in [-0.2, -0.15) is 0 Å². The van der Waals surface area contributed by atoms with Crippen molar-refractivity contribution >= 4 is 28.9 Å². The van der Waals surface area contributed by atoms with Gasteiger partial charge in [0.25, 0.3) is 5.91 Å². The van der Waals surface area contributed by atoms with Crippen molar-refractivity contribution in [3.63, 3.8) is 0 Å². The van der Waals surface area contributed by atoms with Crippen molar-refractivity contribution in [3.8, 4) is 5.75 Å². The maximum Gasteiger partial charge on any atom is 0.258 e. The lowest BCUT2D eigenvalue weighted by Gasteiger charge is -2.39. The number of piperidine rings is 1. The van der Waals surface area contributed by atoms with Gasteiger partial charge in [-0.1, -0.05) is 24.9 Å². The average molecular weight is 514 g/mol. The van der Waals surface area contributed by atoms with Crippen LogP contribution in [0.15, 0.2) is 45.8 Å². The summed E-state index contributed by atoms with van der Waals surface area (Å²) in [6.45, 7) is 5.53. The number of nitrogens with zero attached hydrogens (tertiary/aromatic N) is 3. The van der Waals surface area contributed by atoms with E-state index in [0.29, 0.717) is 51.2 Å². The molecule has 0 radical (unpaired) electrons. The fourth-order valence-electron chi connectivity index (χ4n) is 5.78. The average Bonchev–Trinajstić information content (AvgIpc) is 3.35. The van der Waals surface area contributed by atoms with Crippen molar-refractivity contribution < 1.29 is 13.9 Å². The first-order valence-electron chi connectivity index (χ1n) is 12.8. The van der Waals surface area contributed by atoms with Crippen molar-refractivity contribution in [2.24, 2.45) is 4.99 Å². The number of amides is 1. The largest absolute Gasteiger partial charge is 0.489 e. The molecule has 3 saturated heterocycles. The summed E-state index contributed by atoms with van der Waals surface area (Å²) in [5.41, 5.74) is 1.94. The zero-order valence-electron chi connectivity index (χ0n) is 20.8. The molecule has 0 aliphatic carbocycles. The molecule has 0 aromatic heterocycles. The van der Waals surface area contributed by atoms with E-state index in [1.54, 1.807) is 18.0 Å². The lowest BCUT2D eigenvalue weighted by molar-refractivity contribution is 0.0474. The Balaban J connectivity index is 1.32. The molecule has 192 valence electrons. The summed E-state index contributed by atoms with van der Waals surface area (Å²) in [5.74, 6) is 0.108. The van der Waals surface area contributed by atoms with Crippen LogP contribution < -0.4 is 10.1 Å². The number of hydrogen-bond acceptors (Lipinski definition) is 6. The number of aliphatic imine (C=N–C) groups is 1. The van der Waals surface area contributed by atoms with Crippen LogP contribution in [-0.2, 0) is 0 Å². The van der Waals surface area contributed by atoms with Crippen LogP contribution >= 0.6 is 11.6 Å². The summed E-state index contributed by atoms with van der Waals surface area (Å²) in [6, 6.07) is 5.10. The van der Waals surface area contributed by atoms with Crippen molar-refractivity contribution in [3.05, 3.63) is 52.2 Å². The molecule has 1 aromatic carbocycles. The minimum atomic E-state index is -0.429. The van der Waals surface area contributed by atoms with Crippen LogP contribution in [0.25, 0.3) is 0 Å². The van der Waals surface area contributed by atoms with Gasteiger partial charge >= 0.3 is 0 Å². The Bertz CT molecular complexity index is 1150. The van der Waals surface area contributed by atoms with E-state index in [-0.39, 0.29) is 25.1 Å². The van der Waals surface area contributed by atoms with E-state index in [9.17, 15) is 9.18 Å². The molecule has 4 heterocycles. The smallest absolute Gasteiger partial charge is 0.258 e. The topological polar surface area (TPSA) is 81.0 Å². The second-order valence-corrected chi connectivity index (χ2v) is 10.5. The Hall–Kier alpha value is -2.71. The zero-order chi connectivity index (χ0) is 25.4. The van der Waals surface area contributed by atoms with Gasteiger partial charge < -0.3 is 20.4 Å². The normalized spacial score (nSPS) is 28.2. The number of benzene rings is 1. The van der Waals surface area contributed by atoms with E-state index in [0.717, 1.165) is 19.4 Å². The molecule has 4 aliphatic rings. The molecular formula is C27H33ClFN5O2. The van der Waals surface area contributed by atoms with E-state index >= 15 is 0 Å². The molecule has 0 saturated carbocycles. The first-order valence-corrected chi connectivity index (χ1v) is 13.2. The maximum absolute atomic E-state index is 14.3. The Morgan fingerprint density at radius 1 is 1.28 bits per heavy atom. The second kappa shape index (κ2) is 10.3. The highest BCUT2D eigenvalue weighted by Gasteiger charge is 2.41. The molecule has 2 N–H and O–H groups in total. The van der Waals surface area contributed by atoms with Crippen LogP contribution in [0.1, 0.15) is 62.7 Å². The van der Waals surface area contributed by atoms with Crippen molar-refractivity contribution in [2.75, 3.05) is 19.6 Å². The molecule has 1 aromatic rings. The molecule has 2 bridgehead atoms. The van der Waals surface area contributed by atoms with Gasteiger partial charge in [0.2, 0.25) is 0 Å². The minimum Gasteiger partial charge on any atom is -0.489 e. The molecule has 1 amide bonds. The summed E-state index contributed by atoms with van der Waals surface area (Å²) in [4.78, 5) is 22.2. The third kappa shape index (κ3) is 4.93. The number of likely N-dealkylation sites (tertiary alicyclic amines) is 1. The summed E-state index contributed by atoms with van der Waals surface area (Å²) < 4.78 is 20.6. The first kappa shape index (κ1) is 25.0. The number of fused-ring (bicyclic) bond motifs is 2. The standard InChI is InChI=1S/C27H33ClFN5O2/c1-3-4-9-34-18-6-7-19(34)12-20(11-18)36-25-10-17(29)5-8-21(25)27(35)33-14-22(24(30)15-33)26-31-13-23(28)16(2)32-26/h5,8,10,13,18-20,30-31H,3-4,6-7,9,11-12,14-15H2,1-2H3/b26-22+,30-24?/t18-,19+,20+. The molecule has 9 heteroatoms. The Morgan fingerprint density at radius 3 is 2.72 bits per heavy atom. The Kier molecular flexibility index (Phi) is 7.17. The Morgan fingerprint density at radius 2 is 2.03 bits per heavy atom. The predicted octanol–water partition coefficient (Wildman–Crippen LogP) is 4.83. The van der Waals surface area contributed by atoms with E-state index in [1.807, 2.05) is 0 Å². The third-order valence-electron chi connectivity index (χ3n) is 7.67. The molecule has 4 aliphatic heterocycles. The maximum atomic E-state index is 14.3. The zero-order valence-corrected chi connectivity index (χ0v) is 21.6. The van der Waals surface area contributed by atoms with E-state index in [1.165, 1.54) is 43.9 Å². The number of allylic oxidation sites excluding steroid dienone is 1. The van der Waals surface area contributed by atoms with Crippen molar-refractivity contribution in [1.29, 1.82) is 5.41 Å². The molecule has 5 rings (SSSR count). The fourth-order valence-corrected chi connectivity index (χ4v) is 5.88. The number of rotatable bonds is 6. The van der Waals surface area contributed by atoms with Crippen molar-refractivity contribution in [2.45, 2.75) is 70.6 Å². The van der Waals surface area contributed by atoms with Gasteiger partial charge in [0.05, 0.1) is 35.1 Å². The molecule has 0 unspecified atom stereocenters. The van der Waals surface area contributed by atoms with Crippen LogP contribution in [0, 0.1) is 11.2 Å². The van der Waals surface area contributed by atoms with Gasteiger partial charge in [-0.15, -0.1) is 0 Å². The monoisotopic (exact) mass is 513 g/mol. The number of hydrogen-bond donors (Lipinski definition) is 2. The lowest BCUT2D eigenvalue weighted by Crippen LogP contribution is -2.46. The fraction of sp³-hybridized carbons (Fsp3) is 0.519. The van der Waals surface area contributed by atoms with E-state index < -0.39 is 5.82 Å². The van der Waals surface area contributed by atoms with Gasteiger partial charge in [0, 0.05) is 29.9 Å². The highest BCUT2D eigenvalue weighted by atomic mass is 35.5. The number of ether oxygens (including phenoxy) is 1. The number of carbonyl (C=O) groups excluding carboxylic acids is 1. The quantitative estimate of drug-likeness (QED) is 0.571. The van der Waals surface area contributed by atoms with Crippen LogP contribution in [0.5, 0.6) is 5.75 Å². The second-order valence-electron chi connectivity index (χ2n) is 10.1. The Labute approximate surface area is 216 Å². The number of nitrogens with one attached hydrogen (secondary N) is 2. The van der Waals surface area contributed by atoms with Crippen LogP contribution in [0.4, 0.5) is 4.39 Å². The van der Waals surface area contributed by atoms with E-state index in [2.05, 4.69) is 22.1 Å². The summed E-state index contributed by atoms with van der Waals surface area (Å²) in [7, 11) is 0. The van der Waals surface area contributed by atoms with Gasteiger partial charge in [-0.25, -0.2) is 9.38 Å². The molecule has 36 heavy (non-hydrogen) atoms. The van der Waals surface area contributed by atoms with Crippen molar-refractivity contribution in [1.82, 2.24) is 15.1 Å². The summed E-state index contributed by atoms with van der Waals surface area (Å²) >= 11 is 6.08. The molecule has 7 nitrogen and oxygen atoms in total. The molecule has 3 fully saturated rings. The minimum absolute atomic E-state index is 0.0384. The lowest BCUT2D eigenvalue weighted by atomic mass is 9.99. The third-order valence-corrected chi connectivity index (χ3v) is 8.06.